The zero-order chi connectivity index (χ0) is 17.3. The molecule has 1 aromatic carbocycles. The summed E-state index contributed by atoms with van der Waals surface area (Å²) >= 11 is 7.32. The number of carbonyl (C=O) groups is 3. The molecule has 4 amide bonds. The molecule has 0 spiro atoms. The van der Waals surface area contributed by atoms with Crippen molar-refractivity contribution in [3.8, 4) is 0 Å². The van der Waals surface area contributed by atoms with Crippen molar-refractivity contribution in [2.45, 2.75) is 24.9 Å². The molecule has 2 fully saturated rings. The van der Waals surface area contributed by atoms with Gasteiger partial charge >= 0.3 is 6.03 Å². The summed E-state index contributed by atoms with van der Waals surface area (Å²) in [6.45, 7) is 0.462. The number of nitrogens with one attached hydrogen (secondary N) is 1. The van der Waals surface area contributed by atoms with Crippen molar-refractivity contribution >= 4 is 46.9 Å². The lowest BCUT2D eigenvalue weighted by Crippen LogP contribution is -2.50. The number of amides is 4. The molecule has 1 N–H and O–H groups in total. The van der Waals surface area contributed by atoms with Crippen LogP contribution in [0.1, 0.15) is 12.8 Å². The second-order valence-corrected chi connectivity index (χ2v) is 7.17. The molecule has 2 aliphatic heterocycles. The van der Waals surface area contributed by atoms with Crippen LogP contribution < -0.4 is 10.2 Å². The highest BCUT2D eigenvalue weighted by atomic mass is 35.5. The molecule has 8 heteroatoms. The number of fused-ring (bicyclic) bond motifs is 1. The number of piperidine rings is 1. The average Bonchev–Trinajstić information content (AvgIpc) is 2.80. The first-order valence-corrected chi connectivity index (χ1v) is 9.47. The van der Waals surface area contributed by atoms with Crippen LogP contribution in [0, 0.1) is 0 Å². The lowest BCUT2D eigenvalue weighted by Gasteiger charge is -2.32. The first kappa shape index (κ1) is 17.1. The van der Waals surface area contributed by atoms with Gasteiger partial charge < -0.3 is 10.2 Å². The van der Waals surface area contributed by atoms with E-state index < -0.39 is 6.04 Å². The van der Waals surface area contributed by atoms with E-state index in [9.17, 15) is 14.4 Å². The number of imide groups is 1. The van der Waals surface area contributed by atoms with Gasteiger partial charge in [-0.15, -0.1) is 0 Å². The van der Waals surface area contributed by atoms with Crippen LogP contribution in [0.15, 0.2) is 24.3 Å². The summed E-state index contributed by atoms with van der Waals surface area (Å²) in [6.07, 6.45) is 2.98. The standard InChI is InChI=1S/C16H18ClN3O3S/c1-24-9-14(21)18-11-6-7-19-13(8-11)15(22)20(16(19)23)12-4-2-10(17)3-5-12/h2-5,11,13H,6-9H2,1H3,(H,18,21). The SMILES string of the molecule is CSCC(=O)NC1CCN2C(=O)N(c3ccc(Cl)cc3)C(=O)C2C1. The summed E-state index contributed by atoms with van der Waals surface area (Å²) in [5, 5.41) is 3.49. The molecule has 2 unspecified atom stereocenters. The van der Waals surface area contributed by atoms with Crippen LogP contribution in [-0.2, 0) is 9.59 Å². The topological polar surface area (TPSA) is 69.7 Å². The molecule has 24 heavy (non-hydrogen) atoms. The maximum absolute atomic E-state index is 12.7. The van der Waals surface area contributed by atoms with Crippen LogP contribution in [0.25, 0.3) is 0 Å². The minimum atomic E-state index is -0.512. The van der Waals surface area contributed by atoms with Crippen molar-refractivity contribution in [2.75, 3.05) is 23.5 Å². The fourth-order valence-electron chi connectivity index (χ4n) is 3.16. The molecule has 2 heterocycles. The van der Waals surface area contributed by atoms with Crippen LogP contribution in [0.2, 0.25) is 5.02 Å². The second kappa shape index (κ2) is 7.03. The number of hydrogen-bond acceptors (Lipinski definition) is 4. The largest absolute Gasteiger partial charge is 0.352 e. The van der Waals surface area contributed by atoms with Crippen LogP contribution in [0.4, 0.5) is 10.5 Å². The predicted molar refractivity (Wildman–Crippen MR) is 94.4 cm³/mol. The molecule has 6 nitrogen and oxygen atoms in total. The van der Waals surface area contributed by atoms with Crippen LogP contribution in [0.5, 0.6) is 0 Å². The Labute approximate surface area is 149 Å². The van der Waals surface area contributed by atoms with Gasteiger partial charge in [0.15, 0.2) is 0 Å². The fraction of sp³-hybridized carbons (Fsp3) is 0.438. The molecule has 1 aromatic rings. The molecule has 2 aliphatic rings. The van der Waals surface area contributed by atoms with E-state index >= 15 is 0 Å². The Kier molecular flexibility index (Phi) is 5.01. The van der Waals surface area contributed by atoms with E-state index in [-0.39, 0.29) is 23.9 Å². The number of nitrogens with zero attached hydrogens (tertiary/aromatic N) is 2. The van der Waals surface area contributed by atoms with Gasteiger partial charge in [0.05, 0.1) is 11.4 Å². The molecule has 0 bridgehead atoms. The molecule has 2 saturated heterocycles. The van der Waals surface area contributed by atoms with Gasteiger partial charge in [-0.3, -0.25) is 9.59 Å². The highest BCUT2D eigenvalue weighted by Crippen LogP contribution is 2.31. The quantitative estimate of drug-likeness (QED) is 0.827. The summed E-state index contributed by atoms with van der Waals surface area (Å²) in [5.41, 5.74) is 0.520. The van der Waals surface area contributed by atoms with Gasteiger partial charge in [-0.05, 0) is 43.4 Å². The summed E-state index contributed by atoms with van der Waals surface area (Å²) < 4.78 is 0. The van der Waals surface area contributed by atoms with Gasteiger partial charge in [-0.1, -0.05) is 11.6 Å². The highest BCUT2D eigenvalue weighted by molar-refractivity contribution is 7.99. The van der Waals surface area contributed by atoms with E-state index in [2.05, 4.69) is 5.32 Å². The summed E-state index contributed by atoms with van der Waals surface area (Å²) in [4.78, 5) is 39.8. The van der Waals surface area contributed by atoms with E-state index in [1.165, 1.54) is 16.7 Å². The predicted octanol–water partition coefficient (Wildman–Crippen LogP) is 2.12. The molecule has 0 aromatic heterocycles. The molecule has 0 saturated carbocycles. The van der Waals surface area contributed by atoms with E-state index in [1.807, 2.05) is 6.26 Å². The monoisotopic (exact) mass is 367 g/mol. The first-order valence-electron chi connectivity index (χ1n) is 7.69. The lowest BCUT2D eigenvalue weighted by atomic mass is 9.98. The third-order valence-electron chi connectivity index (χ3n) is 4.27. The molecular formula is C16H18ClN3O3S. The Hall–Kier alpha value is -1.73. The zero-order valence-electron chi connectivity index (χ0n) is 13.2. The van der Waals surface area contributed by atoms with E-state index in [1.54, 1.807) is 29.2 Å². The van der Waals surface area contributed by atoms with Crippen molar-refractivity contribution in [2.24, 2.45) is 0 Å². The van der Waals surface area contributed by atoms with E-state index in [0.29, 0.717) is 35.8 Å². The number of thioether (sulfide) groups is 1. The third-order valence-corrected chi connectivity index (χ3v) is 5.07. The molecule has 0 aliphatic carbocycles. The Morgan fingerprint density at radius 2 is 2.04 bits per heavy atom. The smallest absolute Gasteiger partial charge is 0.332 e. The number of rotatable bonds is 4. The van der Waals surface area contributed by atoms with Crippen LogP contribution in [-0.4, -0.2) is 53.4 Å². The van der Waals surface area contributed by atoms with Crippen molar-refractivity contribution in [1.29, 1.82) is 0 Å². The van der Waals surface area contributed by atoms with Gasteiger partial charge in [0.25, 0.3) is 5.91 Å². The molecule has 128 valence electrons. The van der Waals surface area contributed by atoms with Gasteiger partial charge in [0, 0.05) is 17.6 Å². The third kappa shape index (κ3) is 3.23. The Morgan fingerprint density at radius 1 is 1.33 bits per heavy atom. The summed E-state index contributed by atoms with van der Waals surface area (Å²) in [6, 6.07) is 5.73. The van der Waals surface area contributed by atoms with Crippen molar-refractivity contribution in [3.63, 3.8) is 0 Å². The fourth-order valence-corrected chi connectivity index (χ4v) is 3.63. The first-order chi connectivity index (χ1) is 11.5. The Balaban J connectivity index is 1.73. The van der Waals surface area contributed by atoms with Crippen molar-refractivity contribution in [3.05, 3.63) is 29.3 Å². The number of hydrogen-bond donors (Lipinski definition) is 1. The lowest BCUT2D eigenvalue weighted by molar-refractivity contribution is -0.123. The molecule has 2 atom stereocenters. The molecule has 3 rings (SSSR count). The van der Waals surface area contributed by atoms with E-state index in [0.717, 1.165) is 0 Å². The number of carbonyl (C=O) groups excluding carboxylic acids is 3. The minimum absolute atomic E-state index is 0.0349. The van der Waals surface area contributed by atoms with Crippen LogP contribution in [0.3, 0.4) is 0 Å². The van der Waals surface area contributed by atoms with Crippen molar-refractivity contribution < 1.29 is 14.4 Å². The normalized spacial score (nSPS) is 23.4. The molecular weight excluding hydrogens is 350 g/mol. The number of anilines is 1. The van der Waals surface area contributed by atoms with Gasteiger partial charge in [0.2, 0.25) is 5.91 Å². The number of benzene rings is 1. The minimum Gasteiger partial charge on any atom is -0.352 e. The Morgan fingerprint density at radius 3 is 2.71 bits per heavy atom. The summed E-state index contributed by atoms with van der Waals surface area (Å²) in [7, 11) is 0. The molecule has 0 radical (unpaired) electrons. The van der Waals surface area contributed by atoms with E-state index in [4.69, 9.17) is 11.6 Å². The van der Waals surface area contributed by atoms with Gasteiger partial charge in [-0.2, -0.15) is 11.8 Å². The zero-order valence-corrected chi connectivity index (χ0v) is 14.8. The number of urea groups is 1. The highest BCUT2D eigenvalue weighted by Gasteiger charge is 2.48. The second-order valence-electron chi connectivity index (χ2n) is 5.86. The Bertz CT molecular complexity index is 667. The van der Waals surface area contributed by atoms with Crippen molar-refractivity contribution in [1.82, 2.24) is 10.2 Å². The van der Waals surface area contributed by atoms with Gasteiger partial charge in [0.1, 0.15) is 6.04 Å². The van der Waals surface area contributed by atoms with Crippen LogP contribution >= 0.6 is 23.4 Å². The average molecular weight is 368 g/mol. The number of halogens is 1. The maximum Gasteiger partial charge on any atom is 0.332 e. The summed E-state index contributed by atoms with van der Waals surface area (Å²) in [5.74, 6) is 0.118. The van der Waals surface area contributed by atoms with Gasteiger partial charge in [-0.25, -0.2) is 9.69 Å². The maximum atomic E-state index is 12.7.